The average molecular weight is 250 g/mol. The van der Waals surface area contributed by atoms with Crippen molar-refractivity contribution in [3.8, 4) is 0 Å². The average Bonchev–Trinajstić information content (AvgIpc) is 2.83. The number of benzene rings is 1. The molecule has 0 aliphatic carbocycles. The Bertz CT molecular complexity index is 367. The summed E-state index contributed by atoms with van der Waals surface area (Å²) in [4.78, 5) is 2.45. The van der Waals surface area contributed by atoms with Crippen LogP contribution in [0.2, 0.25) is 0 Å². The van der Waals surface area contributed by atoms with E-state index in [4.69, 9.17) is 0 Å². The second-order valence-electron chi connectivity index (χ2n) is 5.10. The molecule has 1 heterocycles. The Morgan fingerprint density at radius 3 is 3.00 bits per heavy atom. The highest BCUT2D eigenvalue weighted by Gasteiger charge is 2.21. The van der Waals surface area contributed by atoms with Crippen molar-refractivity contribution in [2.75, 3.05) is 32.7 Å². The molecule has 0 amide bonds. The van der Waals surface area contributed by atoms with Crippen molar-refractivity contribution in [1.29, 1.82) is 0 Å². The Hall–Kier alpha value is -0.930. The predicted molar refractivity (Wildman–Crippen MR) is 73.2 cm³/mol. The summed E-state index contributed by atoms with van der Waals surface area (Å²) < 4.78 is 13.5. The van der Waals surface area contributed by atoms with Gasteiger partial charge in [-0.3, -0.25) is 0 Å². The maximum absolute atomic E-state index is 13.5. The summed E-state index contributed by atoms with van der Waals surface area (Å²) in [7, 11) is 0. The molecule has 0 radical (unpaired) electrons. The van der Waals surface area contributed by atoms with Crippen molar-refractivity contribution in [1.82, 2.24) is 10.2 Å². The van der Waals surface area contributed by atoms with Gasteiger partial charge >= 0.3 is 0 Å². The van der Waals surface area contributed by atoms with E-state index in [0.29, 0.717) is 0 Å². The number of nitrogens with one attached hydrogen (secondary N) is 1. The van der Waals surface area contributed by atoms with Crippen LogP contribution >= 0.6 is 0 Å². The standard InChI is InChI=1S/C15H23FN2/c1-2-17-11-13-7-9-18(12-13)10-8-14-5-3-4-6-15(14)16/h3-6,13,17H,2,7-12H2,1H3. The molecule has 1 unspecified atom stereocenters. The van der Waals surface area contributed by atoms with Gasteiger partial charge < -0.3 is 10.2 Å². The van der Waals surface area contributed by atoms with Gasteiger partial charge in [0.25, 0.3) is 0 Å². The highest BCUT2D eigenvalue weighted by atomic mass is 19.1. The second-order valence-corrected chi connectivity index (χ2v) is 5.10. The molecule has 1 saturated heterocycles. The Morgan fingerprint density at radius 1 is 1.39 bits per heavy atom. The predicted octanol–water partition coefficient (Wildman–Crippen LogP) is 2.30. The minimum absolute atomic E-state index is 0.0686. The quantitative estimate of drug-likeness (QED) is 0.833. The number of nitrogens with zero attached hydrogens (tertiary/aromatic N) is 1. The zero-order valence-electron chi connectivity index (χ0n) is 11.2. The smallest absolute Gasteiger partial charge is 0.126 e. The van der Waals surface area contributed by atoms with Crippen molar-refractivity contribution in [2.45, 2.75) is 19.8 Å². The van der Waals surface area contributed by atoms with E-state index in [1.807, 2.05) is 12.1 Å². The zero-order chi connectivity index (χ0) is 12.8. The van der Waals surface area contributed by atoms with Crippen molar-refractivity contribution in [3.63, 3.8) is 0 Å². The molecule has 0 aromatic heterocycles. The third-order valence-electron chi connectivity index (χ3n) is 3.71. The molecular formula is C15H23FN2. The Labute approximate surface area is 109 Å². The first-order valence-corrected chi connectivity index (χ1v) is 6.96. The van der Waals surface area contributed by atoms with Crippen LogP contribution in [0.3, 0.4) is 0 Å². The van der Waals surface area contributed by atoms with Crippen LogP contribution in [-0.2, 0) is 6.42 Å². The number of hydrogen-bond donors (Lipinski definition) is 1. The Kier molecular flexibility index (Phi) is 5.14. The summed E-state index contributed by atoms with van der Waals surface area (Å²) in [5.41, 5.74) is 0.840. The van der Waals surface area contributed by atoms with Gasteiger partial charge in [0.2, 0.25) is 0 Å². The third-order valence-corrected chi connectivity index (χ3v) is 3.71. The summed E-state index contributed by atoms with van der Waals surface area (Å²) in [6, 6.07) is 7.10. The van der Waals surface area contributed by atoms with Crippen LogP contribution in [0.5, 0.6) is 0 Å². The molecule has 1 aliphatic heterocycles. The fourth-order valence-corrected chi connectivity index (χ4v) is 2.61. The lowest BCUT2D eigenvalue weighted by Gasteiger charge is -2.16. The Balaban J connectivity index is 1.74. The van der Waals surface area contributed by atoms with Crippen LogP contribution in [0.15, 0.2) is 24.3 Å². The highest BCUT2D eigenvalue weighted by Crippen LogP contribution is 2.16. The normalized spacial score (nSPS) is 20.4. The van der Waals surface area contributed by atoms with Crippen LogP contribution in [0.1, 0.15) is 18.9 Å². The van der Waals surface area contributed by atoms with Crippen molar-refractivity contribution in [3.05, 3.63) is 35.6 Å². The molecule has 1 aliphatic rings. The molecule has 1 atom stereocenters. The van der Waals surface area contributed by atoms with E-state index in [9.17, 15) is 4.39 Å². The summed E-state index contributed by atoms with van der Waals surface area (Å²) in [5.74, 6) is 0.700. The molecule has 2 rings (SSSR count). The minimum atomic E-state index is -0.0686. The van der Waals surface area contributed by atoms with Crippen LogP contribution < -0.4 is 5.32 Å². The highest BCUT2D eigenvalue weighted by molar-refractivity contribution is 5.17. The third kappa shape index (κ3) is 3.79. The van der Waals surface area contributed by atoms with Crippen LogP contribution in [0, 0.1) is 11.7 Å². The lowest BCUT2D eigenvalue weighted by atomic mass is 10.1. The first kappa shape index (κ1) is 13.5. The number of halogens is 1. The van der Waals surface area contributed by atoms with E-state index in [0.717, 1.165) is 50.6 Å². The van der Waals surface area contributed by atoms with Gasteiger partial charge in [0.05, 0.1) is 0 Å². The fraction of sp³-hybridized carbons (Fsp3) is 0.600. The van der Waals surface area contributed by atoms with Gasteiger partial charge in [-0.1, -0.05) is 25.1 Å². The maximum Gasteiger partial charge on any atom is 0.126 e. The van der Waals surface area contributed by atoms with Crippen molar-refractivity contribution < 1.29 is 4.39 Å². The minimum Gasteiger partial charge on any atom is -0.317 e. The first-order chi connectivity index (χ1) is 8.79. The summed E-state index contributed by atoms with van der Waals surface area (Å²) in [6.07, 6.45) is 2.09. The maximum atomic E-state index is 13.5. The van der Waals surface area contributed by atoms with E-state index in [1.165, 1.54) is 6.42 Å². The SMILES string of the molecule is CCNCC1CCN(CCc2ccccc2F)C1. The second kappa shape index (κ2) is 6.86. The topological polar surface area (TPSA) is 15.3 Å². The van der Waals surface area contributed by atoms with Gasteiger partial charge in [-0.25, -0.2) is 4.39 Å². The van der Waals surface area contributed by atoms with E-state index in [-0.39, 0.29) is 5.82 Å². The molecule has 0 bridgehead atoms. The van der Waals surface area contributed by atoms with E-state index >= 15 is 0 Å². The van der Waals surface area contributed by atoms with Gasteiger partial charge in [-0.15, -0.1) is 0 Å². The van der Waals surface area contributed by atoms with Gasteiger partial charge in [0, 0.05) is 13.1 Å². The fourth-order valence-electron chi connectivity index (χ4n) is 2.61. The molecule has 1 aromatic carbocycles. The largest absolute Gasteiger partial charge is 0.317 e. The van der Waals surface area contributed by atoms with Crippen LogP contribution in [-0.4, -0.2) is 37.6 Å². The molecule has 2 nitrogen and oxygen atoms in total. The summed E-state index contributed by atoms with van der Waals surface area (Å²) >= 11 is 0. The Morgan fingerprint density at radius 2 is 2.22 bits per heavy atom. The lowest BCUT2D eigenvalue weighted by molar-refractivity contribution is 0.324. The lowest BCUT2D eigenvalue weighted by Crippen LogP contribution is -2.27. The van der Waals surface area contributed by atoms with Crippen LogP contribution in [0.25, 0.3) is 0 Å². The summed E-state index contributed by atoms with van der Waals surface area (Å²) in [6.45, 7) is 7.60. The van der Waals surface area contributed by atoms with Gasteiger partial charge in [-0.2, -0.15) is 0 Å². The van der Waals surface area contributed by atoms with Crippen molar-refractivity contribution >= 4 is 0 Å². The molecule has 18 heavy (non-hydrogen) atoms. The van der Waals surface area contributed by atoms with Gasteiger partial charge in [0.15, 0.2) is 0 Å². The molecule has 100 valence electrons. The molecular weight excluding hydrogens is 227 g/mol. The molecule has 0 saturated carbocycles. The van der Waals surface area contributed by atoms with E-state index < -0.39 is 0 Å². The molecule has 1 fully saturated rings. The van der Waals surface area contributed by atoms with Gasteiger partial charge in [-0.05, 0) is 50.0 Å². The van der Waals surface area contributed by atoms with Crippen LogP contribution in [0.4, 0.5) is 4.39 Å². The van der Waals surface area contributed by atoms with Gasteiger partial charge in [0.1, 0.15) is 5.82 Å². The monoisotopic (exact) mass is 250 g/mol. The van der Waals surface area contributed by atoms with E-state index in [2.05, 4.69) is 17.1 Å². The van der Waals surface area contributed by atoms with E-state index in [1.54, 1.807) is 12.1 Å². The first-order valence-electron chi connectivity index (χ1n) is 6.96. The van der Waals surface area contributed by atoms with Crippen molar-refractivity contribution in [2.24, 2.45) is 5.92 Å². The number of rotatable bonds is 6. The summed E-state index contributed by atoms with van der Waals surface area (Å²) in [5, 5.41) is 3.41. The number of hydrogen-bond acceptors (Lipinski definition) is 2. The molecule has 1 aromatic rings. The molecule has 3 heteroatoms. The zero-order valence-corrected chi connectivity index (χ0v) is 11.2. The number of likely N-dealkylation sites (tertiary alicyclic amines) is 1. The molecule has 0 spiro atoms. The molecule has 1 N–H and O–H groups in total.